The predicted molar refractivity (Wildman–Crippen MR) is 77.4 cm³/mol. The maximum atomic E-state index is 4.49. The standard InChI is InChI=1S/C16H20N2/c1-5-6-7-15-11-17-18(14(15)4)16-9-8-12(2)10-13(16)3/h5-8,10-11,16H,4,9H2,1-3H3/b6-5-,15-7-. The molecule has 0 saturated heterocycles. The molecule has 18 heavy (non-hydrogen) atoms. The Labute approximate surface area is 108 Å². The van der Waals surface area contributed by atoms with Gasteiger partial charge in [0.2, 0.25) is 0 Å². The topological polar surface area (TPSA) is 17.8 Å². The molecule has 1 unspecified atom stereocenters. The van der Waals surface area contributed by atoms with Gasteiger partial charge in [-0.3, -0.25) is 4.68 Å². The van der Waals surface area contributed by atoms with Gasteiger partial charge in [-0.25, -0.2) is 0 Å². The van der Waals surface area contributed by atoms with Crippen LogP contribution in [-0.2, 0) is 0 Å². The Hall–Kier alpha value is -1.83. The molecule has 0 bridgehead atoms. The number of rotatable bonds is 2. The molecule has 0 fully saturated rings. The van der Waals surface area contributed by atoms with Crippen molar-refractivity contribution in [2.24, 2.45) is 0 Å². The monoisotopic (exact) mass is 240 g/mol. The van der Waals surface area contributed by atoms with E-state index >= 15 is 0 Å². The third-order valence-corrected chi connectivity index (χ3v) is 3.34. The van der Waals surface area contributed by atoms with Gasteiger partial charge in [-0.2, -0.15) is 5.10 Å². The Morgan fingerprint density at radius 1 is 1.44 bits per heavy atom. The summed E-state index contributed by atoms with van der Waals surface area (Å²) in [6, 6.07) is 0.314. The SMILES string of the molecule is C=c1/c(=C\C=C/C)cnn1C1CC=C(C)C=C1C. The summed E-state index contributed by atoms with van der Waals surface area (Å²) in [5.74, 6) is 0. The average Bonchev–Trinajstić information content (AvgIpc) is 2.68. The highest BCUT2D eigenvalue weighted by Gasteiger charge is 2.16. The molecule has 1 aliphatic carbocycles. The summed E-state index contributed by atoms with van der Waals surface area (Å²) in [4.78, 5) is 0. The summed E-state index contributed by atoms with van der Waals surface area (Å²) < 4.78 is 2.03. The second-order valence-corrected chi connectivity index (χ2v) is 4.77. The van der Waals surface area contributed by atoms with Crippen LogP contribution in [0, 0.1) is 0 Å². The summed E-state index contributed by atoms with van der Waals surface area (Å²) in [6.45, 7) is 10.5. The second-order valence-electron chi connectivity index (χ2n) is 4.77. The zero-order chi connectivity index (χ0) is 13.1. The van der Waals surface area contributed by atoms with Crippen molar-refractivity contribution >= 4 is 12.7 Å². The minimum atomic E-state index is 0.314. The number of hydrogen-bond acceptors (Lipinski definition) is 1. The highest BCUT2D eigenvalue weighted by Crippen LogP contribution is 2.25. The van der Waals surface area contributed by atoms with Gasteiger partial charge in [0.1, 0.15) is 0 Å². The zero-order valence-electron chi connectivity index (χ0n) is 11.4. The first-order valence-corrected chi connectivity index (χ1v) is 6.34. The normalized spacial score (nSPS) is 21.3. The molecule has 2 rings (SSSR count). The molecule has 2 heteroatoms. The maximum Gasteiger partial charge on any atom is 0.0770 e. The van der Waals surface area contributed by atoms with Crippen molar-refractivity contribution in [2.75, 3.05) is 0 Å². The van der Waals surface area contributed by atoms with Gasteiger partial charge in [0, 0.05) is 5.22 Å². The van der Waals surface area contributed by atoms with Gasteiger partial charge in [0.25, 0.3) is 0 Å². The van der Waals surface area contributed by atoms with Crippen LogP contribution in [0.2, 0.25) is 0 Å². The molecular weight excluding hydrogens is 220 g/mol. The van der Waals surface area contributed by atoms with Crippen LogP contribution in [0.15, 0.2) is 41.6 Å². The van der Waals surface area contributed by atoms with Crippen LogP contribution in [0.4, 0.5) is 0 Å². The Morgan fingerprint density at radius 3 is 2.89 bits per heavy atom. The molecule has 0 spiro atoms. The summed E-state index contributed by atoms with van der Waals surface area (Å²) >= 11 is 0. The van der Waals surface area contributed by atoms with Crippen molar-refractivity contribution in [2.45, 2.75) is 33.2 Å². The summed E-state index contributed by atoms with van der Waals surface area (Å²) in [5.41, 5.74) is 2.68. The highest BCUT2D eigenvalue weighted by atomic mass is 15.3. The Balaban J connectivity index is 2.40. The number of nitrogens with zero attached hydrogens (tertiary/aromatic N) is 2. The van der Waals surface area contributed by atoms with E-state index in [0.717, 1.165) is 17.0 Å². The molecular formula is C16H20N2. The summed E-state index contributed by atoms with van der Waals surface area (Å²) in [6.07, 6.45) is 13.5. The van der Waals surface area contributed by atoms with Crippen LogP contribution >= 0.6 is 0 Å². The fourth-order valence-electron chi connectivity index (χ4n) is 2.30. The lowest BCUT2D eigenvalue weighted by Gasteiger charge is -2.21. The molecule has 0 amide bonds. The van der Waals surface area contributed by atoms with Crippen LogP contribution in [-0.4, -0.2) is 9.78 Å². The van der Waals surface area contributed by atoms with Crippen molar-refractivity contribution < 1.29 is 0 Å². The van der Waals surface area contributed by atoms with E-state index in [1.165, 1.54) is 11.1 Å². The van der Waals surface area contributed by atoms with Crippen LogP contribution in [0.5, 0.6) is 0 Å². The molecule has 1 aromatic heterocycles. The van der Waals surface area contributed by atoms with Crippen molar-refractivity contribution in [1.29, 1.82) is 0 Å². The van der Waals surface area contributed by atoms with Crippen LogP contribution in [0.25, 0.3) is 12.7 Å². The summed E-state index contributed by atoms with van der Waals surface area (Å²) in [5, 5.41) is 6.56. The average molecular weight is 240 g/mol. The fraction of sp³-hybridized carbons (Fsp3) is 0.312. The highest BCUT2D eigenvalue weighted by molar-refractivity contribution is 5.36. The van der Waals surface area contributed by atoms with Crippen LogP contribution in [0.1, 0.15) is 33.2 Å². The van der Waals surface area contributed by atoms with Gasteiger partial charge in [-0.15, -0.1) is 0 Å². The van der Waals surface area contributed by atoms with E-state index < -0.39 is 0 Å². The van der Waals surface area contributed by atoms with E-state index in [-0.39, 0.29) is 0 Å². The molecule has 0 radical (unpaired) electrons. The van der Waals surface area contributed by atoms with Gasteiger partial charge >= 0.3 is 0 Å². The lowest BCUT2D eigenvalue weighted by Crippen LogP contribution is -2.31. The van der Waals surface area contributed by atoms with Crippen molar-refractivity contribution in [1.82, 2.24) is 9.78 Å². The minimum absolute atomic E-state index is 0.314. The van der Waals surface area contributed by atoms with Gasteiger partial charge < -0.3 is 0 Å². The molecule has 0 aliphatic heterocycles. The largest absolute Gasteiger partial charge is 0.258 e. The number of hydrogen-bond donors (Lipinski definition) is 0. The molecule has 0 aromatic carbocycles. The predicted octanol–water partition coefficient (Wildman–Crippen LogP) is 2.49. The first-order valence-electron chi connectivity index (χ1n) is 6.34. The van der Waals surface area contributed by atoms with Gasteiger partial charge in [0.15, 0.2) is 0 Å². The third kappa shape index (κ3) is 2.37. The first kappa shape index (κ1) is 12.6. The molecule has 1 atom stereocenters. The van der Waals surface area contributed by atoms with Crippen molar-refractivity contribution in [3.05, 3.63) is 52.2 Å². The van der Waals surface area contributed by atoms with Gasteiger partial charge in [0.05, 0.1) is 17.6 Å². The molecule has 1 aromatic rings. The van der Waals surface area contributed by atoms with Crippen LogP contribution < -0.4 is 10.6 Å². The first-order chi connectivity index (χ1) is 8.63. The lowest BCUT2D eigenvalue weighted by molar-refractivity contribution is 0.501. The Morgan fingerprint density at radius 2 is 2.22 bits per heavy atom. The Bertz CT molecular complexity index is 627. The molecule has 1 aliphatic rings. The number of aromatic nitrogens is 2. The van der Waals surface area contributed by atoms with Crippen LogP contribution in [0.3, 0.4) is 0 Å². The smallest absolute Gasteiger partial charge is 0.0770 e. The third-order valence-electron chi connectivity index (χ3n) is 3.34. The molecule has 0 N–H and O–H groups in total. The summed E-state index contributed by atoms with van der Waals surface area (Å²) in [7, 11) is 0. The Kier molecular flexibility index (Phi) is 3.66. The quantitative estimate of drug-likeness (QED) is 0.776. The molecule has 2 nitrogen and oxygen atoms in total. The van der Waals surface area contributed by atoms with E-state index in [1.807, 2.05) is 30.0 Å². The van der Waals surface area contributed by atoms with E-state index in [0.29, 0.717) is 6.04 Å². The maximum absolute atomic E-state index is 4.49. The zero-order valence-corrected chi connectivity index (χ0v) is 11.4. The molecule has 94 valence electrons. The van der Waals surface area contributed by atoms with Crippen molar-refractivity contribution in [3.63, 3.8) is 0 Å². The van der Waals surface area contributed by atoms with Crippen molar-refractivity contribution in [3.8, 4) is 0 Å². The molecule has 1 heterocycles. The van der Waals surface area contributed by atoms with Gasteiger partial charge in [-0.1, -0.05) is 42.5 Å². The van der Waals surface area contributed by atoms with Gasteiger partial charge in [-0.05, 0) is 32.8 Å². The van der Waals surface area contributed by atoms with E-state index in [9.17, 15) is 0 Å². The van der Waals surface area contributed by atoms with E-state index in [4.69, 9.17) is 0 Å². The fourth-order valence-corrected chi connectivity index (χ4v) is 2.30. The minimum Gasteiger partial charge on any atom is -0.258 e. The second kappa shape index (κ2) is 5.21. The number of allylic oxidation sites excluding steroid dienone is 6. The van der Waals surface area contributed by atoms with E-state index in [1.54, 1.807) is 0 Å². The lowest BCUT2D eigenvalue weighted by atomic mass is 9.96. The molecule has 0 saturated carbocycles. The van der Waals surface area contributed by atoms with E-state index in [2.05, 4.69) is 43.8 Å².